The van der Waals surface area contributed by atoms with Crippen molar-refractivity contribution in [2.75, 3.05) is 18.1 Å². The SMILES string of the molecule is CC1COC2(SCCS2)S1. The zero-order valence-electron chi connectivity index (χ0n) is 5.83. The molecule has 1 atom stereocenters. The van der Waals surface area contributed by atoms with E-state index in [1.165, 1.54) is 11.5 Å². The van der Waals surface area contributed by atoms with Crippen molar-refractivity contribution in [3.8, 4) is 0 Å². The molecule has 2 saturated heterocycles. The standard InChI is InChI=1S/C6H10OS3/c1-5-4-7-6(10-5)8-2-3-9-6/h5H,2-4H2,1H3. The van der Waals surface area contributed by atoms with Crippen LogP contribution in [0.3, 0.4) is 0 Å². The second-order valence-electron chi connectivity index (χ2n) is 2.44. The Morgan fingerprint density at radius 1 is 1.40 bits per heavy atom. The highest BCUT2D eigenvalue weighted by atomic mass is 32.3. The van der Waals surface area contributed by atoms with E-state index in [1.807, 2.05) is 35.3 Å². The van der Waals surface area contributed by atoms with Crippen LogP contribution >= 0.6 is 35.3 Å². The Hall–Kier alpha value is 1.01. The fourth-order valence-electron chi connectivity index (χ4n) is 1.06. The third-order valence-electron chi connectivity index (χ3n) is 1.48. The predicted octanol–water partition coefficient (Wildman–Crippen LogP) is 2.23. The van der Waals surface area contributed by atoms with Crippen molar-refractivity contribution in [3.63, 3.8) is 0 Å². The van der Waals surface area contributed by atoms with Gasteiger partial charge in [-0.05, 0) is 0 Å². The summed E-state index contributed by atoms with van der Waals surface area (Å²) in [7, 11) is 0. The van der Waals surface area contributed by atoms with E-state index in [2.05, 4.69) is 6.92 Å². The normalized spacial score (nSPS) is 37.5. The smallest absolute Gasteiger partial charge is 0.209 e. The van der Waals surface area contributed by atoms with Crippen LogP contribution in [0.1, 0.15) is 6.92 Å². The third-order valence-corrected chi connectivity index (χ3v) is 6.44. The van der Waals surface area contributed by atoms with Crippen molar-refractivity contribution >= 4 is 35.3 Å². The summed E-state index contributed by atoms with van der Waals surface area (Å²) < 4.78 is 5.81. The Morgan fingerprint density at radius 2 is 2.10 bits per heavy atom. The molecular weight excluding hydrogens is 184 g/mol. The Labute approximate surface area is 74.0 Å². The average Bonchev–Trinajstić information content (AvgIpc) is 2.46. The average molecular weight is 194 g/mol. The van der Waals surface area contributed by atoms with Crippen LogP contribution in [-0.4, -0.2) is 27.0 Å². The molecule has 0 aliphatic carbocycles. The topological polar surface area (TPSA) is 9.23 Å². The van der Waals surface area contributed by atoms with Crippen molar-refractivity contribution in [1.82, 2.24) is 0 Å². The maximum atomic E-state index is 5.70. The molecule has 0 saturated carbocycles. The lowest BCUT2D eigenvalue weighted by Crippen LogP contribution is -2.08. The highest BCUT2D eigenvalue weighted by Gasteiger charge is 2.43. The first-order valence-electron chi connectivity index (χ1n) is 3.40. The molecule has 0 aromatic carbocycles. The first kappa shape index (κ1) is 7.65. The van der Waals surface area contributed by atoms with Crippen molar-refractivity contribution in [3.05, 3.63) is 0 Å². The van der Waals surface area contributed by atoms with E-state index >= 15 is 0 Å². The first-order valence-corrected chi connectivity index (χ1v) is 6.25. The molecule has 1 unspecified atom stereocenters. The molecule has 0 N–H and O–H groups in total. The highest BCUT2D eigenvalue weighted by molar-refractivity contribution is 8.35. The molecule has 2 heterocycles. The van der Waals surface area contributed by atoms with Crippen LogP contribution in [0, 0.1) is 0 Å². The van der Waals surface area contributed by atoms with E-state index < -0.39 is 0 Å². The number of hydrogen-bond acceptors (Lipinski definition) is 4. The minimum Gasteiger partial charge on any atom is -0.345 e. The van der Waals surface area contributed by atoms with Crippen LogP contribution in [0.25, 0.3) is 0 Å². The summed E-state index contributed by atoms with van der Waals surface area (Å²) in [6.45, 7) is 3.17. The Kier molecular flexibility index (Phi) is 2.15. The van der Waals surface area contributed by atoms with Gasteiger partial charge in [-0.2, -0.15) is 0 Å². The Morgan fingerprint density at radius 3 is 2.60 bits per heavy atom. The van der Waals surface area contributed by atoms with Gasteiger partial charge in [-0.1, -0.05) is 18.7 Å². The lowest BCUT2D eigenvalue weighted by atomic mass is 10.5. The van der Waals surface area contributed by atoms with Gasteiger partial charge in [-0.15, -0.1) is 23.5 Å². The number of ether oxygens (including phenoxy) is 1. The number of thioether (sulfide) groups is 3. The van der Waals surface area contributed by atoms with Crippen LogP contribution in [0.4, 0.5) is 0 Å². The van der Waals surface area contributed by atoms with Gasteiger partial charge in [0.1, 0.15) is 0 Å². The minimum absolute atomic E-state index is 0.111. The first-order chi connectivity index (χ1) is 4.81. The maximum Gasteiger partial charge on any atom is 0.209 e. The van der Waals surface area contributed by atoms with E-state index in [1.54, 1.807) is 0 Å². The number of rotatable bonds is 0. The van der Waals surface area contributed by atoms with E-state index in [4.69, 9.17) is 4.74 Å². The fraction of sp³-hybridized carbons (Fsp3) is 1.00. The second kappa shape index (κ2) is 2.81. The molecule has 0 amide bonds. The summed E-state index contributed by atoms with van der Waals surface area (Å²) in [6, 6.07) is 0. The largest absolute Gasteiger partial charge is 0.345 e. The van der Waals surface area contributed by atoms with Crippen LogP contribution in [0.5, 0.6) is 0 Å². The van der Waals surface area contributed by atoms with E-state index in [0.29, 0.717) is 5.25 Å². The molecule has 0 radical (unpaired) electrons. The molecule has 2 aliphatic heterocycles. The summed E-state index contributed by atoms with van der Waals surface area (Å²) in [5.74, 6) is 2.51. The van der Waals surface area contributed by atoms with Gasteiger partial charge < -0.3 is 4.74 Å². The predicted molar refractivity (Wildman–Crippen MR) is 50.7 cm³/mol. The van der Waals surface area contributed by atoms with Crippen LogP contribution < -0.4 is 0 Å². The highest BCUT2D eigenvalue weighted by Crippen LogP contribution is 2.57. The monoisotopic (exact) mass is 194 g/mol. The van der Waals surface area contributed by atoms with Crippen LogP contribution in [0.2, 0.25) is 0 Å². The molecule has 2 aliphatic rings. The lowest BCUT2D eigenvalue weighted by molar-refractivity contribution is 0.168. The summed E-state index contributed by atoms with van der Waals surface area (Å²) >= 11 is 5.90. The molecule has 58 valence electrons. The van der Waals surface area contributed by atoms with Gasteiger partial charge in [-0.25, -0.2) is 0 Å². The van der Waals surface area contributed by atoms with Gasteiger partial charge in [0.05, 0.1) is 6.61 Å². The van der Waals surface area contributed by atoms with Gasteiger partial charge in [0, 0.05) is 16.8 Å². The van der Waals surface area contributed by atoms with Crippen molar-refractivity contribution < 1.29 is 4.74 Å². The molecule has 0 aromatic heterocycles. The second-order valence-corrected chi connectivity index (χ2v) is 7.37. The molecule has 1 nitrogen and oxygen atoms in total. The third kappa shape index (κ3) is 1.31. The molecule has 10 heavy (non-hydrogen) atoms. The molecule has 2 fully saturated rings. The van der Waals surface area contributed by atoms with E-state index in [0.717, 1.165) is 6.61 Å². The lowest BCUT2D eigenvalue weighted by Gasteiger charge is -2.17. The minimum atomic E-state index is 0.111. The zero-order valence-corrected chi connectivity index (χ0v) is 8.28. The summed E-state index contributed by atoms with van der Waals surface area (Å²) in [4.78, 5) is 0. The molecule has 0 aromatic rings. The molecule has 4 heteroatoms. The quantitative estimate of drug-likeness (QED) is 0.584. The van der Waals surface area contributed by atoms with Crippen LogP contribution in [0.15, 0.2) is 0 Å². The summed E-state index contributed by atoms with van der Waals surface area (Å²) in [5, 5.41) is 0.693. The van der Waals surface area contributed by atoms with Gasteiger partial charge >= 0.3 is 0 Å². The fourth-order valence-corrected chi connectivity index (χ4v) is 6.16. The summed E-state index contributed by atoms with van der Waals surface area (Å²) in [6.07, 6.45) is 0. The van der Waals surface area contributed by atoms with Crippen molar-refractivity contribution in [2.45, 2.75) is 15.8 Å². The zero-order chi connectivity index (χ0) is 7.03. The maximum absolute atomic E-state index is 5.70. The molecule has 0 bridgehead atoms. The van der Waals surface area contributed by atoms with Crippen molar-refractivity contribution in [2.24, 2.45) is 0 Å². The van der Waals surface area contributed by atoms with Gasteiger partial charge in [0.2, 0.25) is 3.60 Å². The Bertz CT molecular complexity index is 133. The van der Waals surface area contributed by atoms with E-state index in [9.17, 15) is 0 Å². The number of hydrogen-bond donors (Lipinski definition) is 0. The van der Waals surface area contributed by atoms with Crippen molar-refractivity contribution in [1.29, 1.82) is 0 Å². The van der Waals surface area contributed by atoms with Gasteiger partial charge in [0.15, 0.2) is 0 Å². The molecule has 1 spiro atoms. The van der Waals surface area contributed by atoms with Crippen LogP contribution in [-0.2, 0) is 4.74 Å². The van der Waals surface area contributed by atoms with E-state index in [-0.39, 0.29) is 3.60 Å². The summed E-state index contributed by atoms with van der Waals surface area (Å²) in [5.41, 5.74) is 0. The van der Waals surface area contributed by atoms with Gasteiger partial charge in [-0.3, -0.25) is 0 Å². The Balaban J connectivity index is 2.03. The van der Waals surface area contributed by atoms with Gasteiger partial charge in [0.25, 0.3) is 0 Å². The molecular formula is C6H10OS3. The molecule has 2 rings (SSSR count).